The van der Waals surface area contributed by atoms with E-state index in [0.717, 1.165) is 62.5 Å². The van der Waals surface area contributed by atoms with Crippen molar-refractivity contribution in [2.75, 3.05) is 70.1 Å². The molecule has 4 aromatic rings. The van der Waals surface area contributed by atoms with Gasteiger partial charge in [-0.15, -0.1) is 5.10 Å². The van der Waals surface area contributed by atoms with Gasteiger partial charge < -0.3 is 38.2 Å². The van der Waals surface area contributed by atoms with Gasteiger partial charge in [-0.1, -0.05) is 26.0 Å². The fraction of sp³-hybridized carbons (Fsp3) is 0.638. The number of halogens is 3. The molecule has 0 bridgehead atoms. The molecule has 4 heterocycles. The van der Waals surface area contributed by atoms with Crippen LogP contribution in [-0.4, -0.2) is 176 Å². The van der Waals surface area contributed by atoms with Gasteiger partial charge in [0.25, 0.3) is 20.0 Å². The number of benzene rings is 1. The lowest BCUT2D eigenvalue weighted by Gasteiger charge is -2.36. The Morgan fingerprint density at radius 2 is 1.56 bits per heavy atom. The van der Waals surface area contributed by atoms with Crippen LogP contribution in [-0.2, 0) is 71.5 Å². The normalized spacial score (nSPS) is 15.0. The number of nitrogens with one attached hydrogen (secondary N) is 3. The van der Waals surface area contributed by atoms with E-state index in [1.807, 2.05) is 11.1 Å². The number of esters is 1. The van der Waals surface area contributed by atoms with Crippen molar-refractivity contribution < 1.29 is 69.9 Å². The predicted molar refractivity (Wildman–Crippen MR) is 317 cm³/mol. The Morgan fingerprint density at radius 3 is 2.19 bits per heavy atom. The highest BCUT2D eigenvalue weighted by molar-refractivity contribution is 7.44. The molecule has 5 rings (SSSR count). The maximum absolute atomic E-state index is 13.9. The standard InChI is InChI=1S/C58H83F3N13O13P/c1-9-44-33-47(87-88(86-28-13-24-62)74(39(4)5)40(6)7)37-72(44)49(76)17-12-15-42-35-71(70-69-42)25-14-27-84-30-32-85-31-29-83-26-11-10-16-46(75)22-23-48(55(80)82-8)65-53(78)41-18-20-45(21-19-41)73(56(81)58(59,60)61)36-43-34-63-51-50(64-43)54(79)68-57(66-51)67-52(77)38(2)3/h18-21,34-35,38-40,44,47-48H,9-17,22-23,25-33,36-37H2,1-8H3,(H,65,78)(H2,63,66,67,68,77,79)/t44-,47-,48+,88?/m1/s1. The van der Waals surface area contributed by atoms with Crippen molar-refractivity contribution in [2.45, 2.75) is 175 Å². The molecule has 1 saturated heterocycles. The van der Waals surface area contributed by atoms with E-state index >= 15 is 0 Å². The van der Waals surface area contributed by atoms with Crippen molar-refractivity contribution >= 4 is 66.7 Å². The van der Waals surface area contributed by atoms with Gasteiger partial charge in [0.2, 0.25) is 17.8 Å². The largest absolute Gasteiger partial charge is 0.471 e. The SMILES string of the molecule is CC[C@@H]1C[C@@H](OP(OCCC#N)N(C(C)C)C(C)C)CN1C(=O)CCCc1cn(CCCOCCOCCOCCCCC(=O)CC[C@H](NC(=O)c2ccc(N(Cc3cnc4nc(NC(=O)C(C)C)[nH]c(=O)c4n3)C(=O)C(F)(F)F)cc2)C(=O)OC)nn1. The Bertz CT molecular complexity index is 2990. The number of nitrogens with zero attached hydrogens (tertiary/aromatic N) is 10. The third kappa shape index (κ3) is 23.2. The molecule has 3 N–H and O–H groups in total. The average molecular weight is 1260 g/mol. The molecule has 88 heavy (non-hydrogen) atoms. The second-order valence-electron chi connectivity index (χ2n) is 21.7. The summed E-state index contributed by atoms with van der Waals surface area (Å²) in [6.07, 6.45) is 2.84. The lowest BCUT2D eigenvalue weighted by Crippen LogP contribution is -2.42. The average Bonchev–Trinajstić information content (AvgIpc) is 1.34. The number of methoxy groups -OCH3 is 1. The van der Waals surface area contributed by atoms with Crippen LogP contribution in [0, 0.1) is 17.2 Å². The first-order chi connectivity index (χ1) is 42.0. The summed E-state index contributed by atoms with van der Waals surface area (Å²) in [5.41, 5.74) is -1.21. The number of ketones is 1. The van der Waals surface area contributed by atoms with Gasteiger partial charge in [0.05, 0.1) is 82.9 Å². The zero-order chi connectivity index (χ0) is 64.3. The van der Waals surface area contributed by atoms with Crippen molar-refractivity contribution in [1.29, 1.82) is 5.26 Å². The molecule has 1 aliphatic rings. The molecule has 30 heteroatoms. The molecule has 4 atom stereocenters. The van der Waals surface area contributed by atoms with Gasteiger partial charge in [-0.3, -0.25) is 48.6 Å². The minimum atomic E-state index is -5.34. The number of nitriles is 1. The predicted octanol–water partition coefficient (Wildman–Crippen LogP) is 6.92. The second-order valence-corrected chi connectivity index (χ2v) is 23.2. The number of H-pyrrole nitrogens is 1. The summed E-state index contributed by atoms with van der Waals surface area (Å²) in [6.45, 7) is 16.8. The van der Waals surface area contributed by atoms with E-state index in [-0.39, 0.29) is 95.7 Å². The number of unbranched alkanes of at least 4 members (excludes halogenated alkanes) is 1. The topological polar surface area (TPSA) is 318 Å². The molecule has 0 spiro atoms. The summed E-state index contributed by atoms with van der Waals surface area (Å²) in [5.74, 6) is -5.06. The van der Waals surface area contributed by atoms with E-state index in [0.29, 0.717) is 96.3 Å². The first-order valence-electron chi connectivity index (χ1n) is 29.7. The highest BCUT2D eigenvalue weighted by Gasteiger charge is 2.44. The Kier molecular flexibility index (Phi) is 29.8. The van der Waals surface area contributed by atoms with E-state index in [9.17, 15) is 46.7 Å². The summed E-state index contributed by atoms with van der Waals surface area (Å²) in [5, 5.41) is 22.5. The Hall–Kier alpha value is -6.93. The zero-order valence-corrected chi connectivity index (χ0v) is 52.2. The number of amides is 4. The highest BCUT2D eigenvalue weighted by Crippen LogP contribution is 2.48. The van der Waals surface area contributed by atoms with E-state index in [1.54, 1.807) is 18.5 Å². The van der Waals surface area contributed by atoms with Gasteiger partial charge in [-0.25, -0.2) is 19.4 Å². The molecule has 0 radical (unpaired) electrons. The molecule has 484 valence electrons. The Morgan fingerprint density at radius 1 is 0.875 bits per heavy atom. The summed E-state index contributed by atoms with van der Waals surface area (Å²) in [7, 11) is -0.281. The summed E-state index contributed by atoms with van der Waals surface area (Å²) < 4.78 is 80.0. The number of aromatic nitrogens is 7. The quantitative estimate of drug-likeness (QED) is 0.0232. The van der Waals surface area contributed by atoms with Gasteiger partial charge in [-0.2, -0.15) is 23.4 Å². The van der Waals surface area contributed by atoms with Crippen molar-refractivity contribution in [3.8, 4) is 6.07 Å². The summed E-state index contributed by atoms with van der Waals surface area (Å²) in [4.78, 5) is 106. The number of aryl methyl sites for hydroxylation is 2. The maximum atomic E-state index is 13.9. The molecular formula is C58H83F3N13O13P. The van der Waals surface area contributed by atoms with Crippen LogP contribution in [0.1, 0.15) is 141 Å². The molecule has 1 aliphatic heterocycles. The maximum Gasteiger partial charge on any atom is 0.471 e. The van der Waals surface area contributed by atoms with Gasteiger partial charge in [0.1, 0.15) is 11.8 Å². The van der Waals surface area contributed by atoms with Crippen LogP contribution in [0.4, 0.5) is 24.8 Å². The second kappa shape index (κ2) is 36.5. The van der Waals surface area contributed by atoms with E-state index in [4.69, 9.17) is 33.3 Å². The molecule has 26 nitrogen and oxygen atoms in total. The van der Waals surface area contributed by atoms with Gasteiger partial charge in [0.15, 0.2) is 11.2 Å². The lowest BCUT2D eigenvalue weighted by atomic mass is 10.0. The van der Waals surface area contributed by atoms with Gasteiger partial charge in [0, 0.05) is 87.1 Å². The van der Waals surface area contributed by atoms with Crippen LogP contribution in [0.25, 0.3) is 11.2 Å². The number of carbonyl (C=O) groups excluding carboxylic acids is 6. The van der Waals surface area contributed by atoms with Crippen LogP contribution >= 0.6 is 8.53 Å². The number of ether oxygens (including phenoxy) is 4. The number of rotatable bonds is 39. The molecule has 3 aromatic heterocycles. The fourth-order valence-electron chi connectivity index (χ4n) is 9.39. The Balaban J connectivity index is 0.916. The van der Waals surface area contributed by atoms with E-state index in [2.05, 4.69) is 86.2 Å². The van der Waals surface area contributed by atoms with Gasteiger partial charge in [-0.05, 0) is 103 Å². The van der Waals surface area contributed by atoms with E-state index < -0.39 is 62.5 Å². The van der Waals surface area contributed by atoms with Crippen molar-refractivity contribution in [2.24, 2.45) is 5.92 Å². The highest BCUT2D eigenvalue weighted by atomic mass is 31.2. The van der Waals surface area contributed by atoms with Crippen LogP contribution in [0.15, 0.2) is 41.5 Å². The number of hydrogen-bond acceptors (Lipinski definition) is 20. The molecule has 0 saturated carbocycles. The van der Waals surface area contributed by atoms with Crippen molar-refractivity contribution in [3.63, 3.8) is 0 Å². The minimum absolute atomic E-state index is 0.0635. The number of carbonyl (C=O) groups is 6. The fourth-order valence-corrected chi connectivity index (χ4v) is 11.1. The van der Waals surface area contributed by atoms with Crippen LogP contribution in [0.5, 0.6) is 0 Å². The molecular weight excluding hydrogens is 1170 g/mol. The first kappa shape index (κ1) is 71.8. The number of aromatic amines is 1. The molecule has 1 unspecified atom stereocenters. The molecule has 1 fully saturated rings. The van der Waals surface area contributed by atoms with Crippen LogP contribution < -0.4 is 21.1 Å². The van der Waals surface area contributed by atoms with E-state index in [1.165, 1.54) is 0 Å². The number of fused-ring (bicyclic) bond motifs is 1. The molecule has 1 aromatic carbocycles. The Labute approximate surface area is 511 Å². The van der Waals surface area contributed by atoms with Crippen LogP contribution in [0.2, 0.25) is 0 Å². The summed E-state index contributed by atoms with van der Waals surface area (Å²) >= 11 is 0. The number of hydrogen-bond donors (Lipinski definition) is 3. The molecule has 0 aliphatic carbocycles. The number of likely N-dealkylation sites (tertiary alicyclic amines) is 1. The zero-order valence-electron chi connectivity index (χ0n) is 51.3. The summed E-state index contributed by atoms with van der Waals surface area (Å²) in [6, 6.07) is 5.81. The van der Waals surface area contributed by atoms with Crippen LogP contribution in [0.3, 0.4) is 0 Å². The van der Waals surface area contributed by atoms with Crippen molar-refractivity contribution in [3.05, 3.63) is 64.0 Å². The van der Waals surface area contributed by atoms with Crippen molar-refractivity contribution in [1.82, 2.24) is 49.8 Å². The number of anilines is 2. The number of Topliss-reactive ketones (excluding diaryl/α,β-unsaturated/α-hetero) is 1. The lowest BCUT2D eigenvalue weighted by molar-refractivity contribution is -0.170. The molecule has 4 amide bonds. The first-order valence-corrected chi connectivity index (χ1v) is 30.8. The smallest absolute Gasteiger partial charge is 0.467 e. The third-order valence-electron chi connectivity index (χ3n) is 13.9. The third-order valence-corrected chi connectivity index (χ3v) is 16.1. The van der Waals surface area contributed by atoms with Gasteiger partial charge >= 0.3 is 18.1 Å². The monoisotopic (exact) mass is 1260 g/mol. The minimum Gasteiger partial charge on any atom is -0.467 e. The number of alkyl halides is 3.